The van der Waals surface area contributed by atoms with Gasteiger partial charge in [-0.2, -0.15) is 0 Å². The Morgan fingerprint density at radius 3 is 2.78 bits per heavy atom. The van der Waals surface area contributed by atoms with E-state index >= 15 is 0 Å². The van der Waals surface area contributed by atoms with Crippen molar-refractivity contribution in [2.45, 2.75) is 25.3 Å². The first-order chi connectivity index (χ1) is 8.81. The van der Waals surface area contributed by atoms with Gasteiger partial charge in [0.15, 0.2) is 0 Å². The molecule has 4 heteroatoms. The van der Waals surface area contributed by atoms with Crippen LogP contribution in [0.3, 0.4) is 0 Å². The van der Waals surface area contributed by atoms with Gasteiger partial charge in [0.2, 0.25) is 0 Å². The molecule has 1 saturated heterocycles. The van der Waals surface area contributed by atoms with E-state index in [0.717, 1.165) is 44.7 Å². The molecule has 1 aliphatic heterocycles. The highest BCUT2D eigenvalue weighted by molar-refractivity contribution is 5.47. The normalized spacial score (nSPS) is 16.8. The maximum atomic E-state index is 13.3. The predicted octanol–water partition coefficient (Wildman–Crippen LogP) is 2.16. The number of benzene rings is 1. The predicted molar refractivity (Wildman–Crippen MR) is 71.3 cm³/mol. The van der Waals surface area contributed by atoms with Crippen LogP contribution in [-0.2, 0) is 4.74 Å². The Labute approximate surface area is 108 Å². The molecule has 0 amide bonds. The molecule has 3 nitrogen and oxygen atoms in total. The Hall–Kier alpha value is -1.13. The van der Waals surface area contributed by atoms with E-state index < -0.39 is 0 Å². The van der Waals surface area contributed by atoms with Crippen LogP contribution < -0.4 is 10.6 Å². The van der Waals surface area contributed by atoms with Gasteiger partial charge < -0.3 is 15.4 Å². The minimum Gasteiger partial charge on any atom is -0.381 e. The van der Waals surface area contributed by atoms with E-state index in [1.807, 2.05) is 6.07 Å². The number of rotatable bonds is 5. The lowest BCUT2D eigenvalue weighted by molar-refractivity contribution is 0.0844. The van der Waals surface area contributed by atoms with Crippen molar-refractivity contribution >= 4 is 5.69 Å². The Bertz CT molecular complexity index is 367. The first-order valence-electron chi connectivity index (χ1n) is 6.61. The van der Waals surface area contributed by atoms with Crippen LogP contribution in [0.25, 0.3) is 0 Å². The Morgan fingerprint density at radius 1 is 1.33 bits per heavy atom. The van der Waals surface area contributed by atoms with E-state index in [1.165, 1.54) is 6.07 Å². The van der Waals surface area contributed by atoms with Crippen molar-refractivity contribution in [3.8, 4) is 0 Å². The van der Waals surface area contributed by atoms with Gasteiger partial charge in [-0.25, -0.2) is 4.39 Å². The van der Waals surface area contributed by atoms with Gasteiger partial charge >= 0.3 is 0 Å². The molecular weight excluding hydrogens is 231 g/mol. The summed E-state index contributed by atoms with van der Waals surface area (Å²) in [4.78, 5) is 2.28. The van der Waals surface area contributed by atoms with Gasteiger partial charge in [0, 0.05) is 31.5 Å². The standard InChI is InChI=1S/C14H21FN2O/c15-12-3-1-4-14(11-12)17(8-2-7-16)13-5-9-18-10-6-13/h1,3-4,11,13H,2,5-10,16H2. The SMILES string of the molecule is NCCCN(c1cccc(F)c1)C1CCOCC1. The number of halogens is 1. The third-order valence-corrected chi connectivity index (χ3v) is 3.37. The fourth-order valence-corrected chi connectivity index (χ4v) is 2.44. The van der Waals surface area contributed by atoms with E-state index in [1.54, 1.807) is 12.1 Å². The zero-order valence-electron chi connectivity index (χ0n) is 10.6. The Morgan fingerprint density at radius 2 is 2.11 bits per heavy atom. The van der Waals surface area contributed by atoms with E-state index in [9.17, 15) is 4.39 Å². The molecule has 1 fully saturated rings. The van der Waals surface area contributed by atoms with Gasteiger partial charge in [0.1, 0.15) is 5.82 Å². The number of nitrogens with two attached hydrogens (primary N) is 1. The third kappa shape index (κ3) is 3.43. The average Bonchev–Trinajstić information content (AvgIpc) is 2.40. The molecule has 0 bridgehead atoms. The molecule has 2 N–H and O–H groups in total. The summed E-state index contributed by atoms with van der Waals surface area (Å²) in [5.74, 6) is -0.183. The lowest BCUT2D eigenvalue weighted by atomic mass is 10.1. The summed E-state index contributed by atoms with van der Waals surface area (Å²) in [5, 5.41) is 0. The zero-order chi connectivity index (χ0) is 12.8. The van der Waals surface area contributed by atoms with Gasteiger partial charge in [0.05, 0.1) is 0 Å². The van der Waals surface area contributed by atoms with E-state index in [0.29, 0.717) is 12.6 Å². The molecule has 0 unspecified atom stereocenters. The summed E-state index contributed by atoms with van der Waals surface area (Å²) in [6.45, 7) is 3.12. The summed E-state index contributed by atoms with van der Waals surface area (Å²) < 4.78 is 18.7. The highest BCUT2D eigenvalue weighted by Gasteiger charge is 2.21. The second-order valence-corrected chi connectivity index (χ2v) is 4.66. The van der Waals surface area contributed by atoms with Gasteiger partial charge in [-0.3, -0.25) is 0 Å². The topological polar surface area (TPSA) is 38.5 Å². The molecule has 0 saturated carbocycles. The molecule has 0 aromatic heterocycles. The molecule has 100 valence electrons. The summed E-state index contributed by atoms with van der Waals surface area (Å²) >= 11 is 0. The molecule has 2 rings (SSSR count). The molecule has 1 aromatic carbocycles. The largest absolute Gasteiger partial charge is 0.381 e. The van der Waals surface area contributed by atoms with Crippen LogP contribution in [0.15, 0.2) is 24.3 Å². The highest BCUT2D eigenvalue weighted by atomic mass is 19.1. The van der Waals surface area contributed by atoms with Crippen LogP contribution in [0, 0.1) is 5.82 Å². The molecule has 0 aliphatic carbocycles. The molecule has 1 aromatic rings. The van der Waals surface area contributed by atoms with Crippen LogP contribution in [0.4, 0.5) is 10.1 Å². The van der Waals surface area contributed by atoms with E-state index in [4.69, 9.17) is 10.5 Å². The van der Waals surface area contributed by atoms with Crippen LogP contribution >= 0.6 is 0 Å². The van der Waals surface area contributed by atoms with Crippen molar-refractivity contribution in [3.05, 3.63) is 30.1 Å². The maximum Gasteiger partial charge on any atom is 0.125 e. The Balaban J connectivity index is 2.12. The number of nitrogens with zero attached hydrogens (tertiary/aromatic N) is 1. The van der Waals surface area contributed by atoms with Gasteiger partial charge in [-0.1, -0.05) is 6.07 Å². The van der Waals surface area contributed by atoms with E-state index in [2.05, 4.69) is 4.90 Å². The molecule has 0 radical (unpaired) electrons. The lowest BCUT2D eigenvalue weighted by Gasteiger charge is -2.36. The van der Waals surface area contributed by atoms with Crippen molar-refractivity contribution in [2.24, 2.45) is 5.73 Å². The molecular formula is C14H21FN2O. The molecule has 1 heterocycles. The smallest absolute Gasteiger partial charge is 0.125 e. The fourth-order valence-electron chi connectivity index (χ4n) is 2.44. The van der Waals surface area contributed by atoms with Crippen molar-refractivity contribution in [1.29, 1.82) is 0 Å². The second-order valence-electron chi connectivity index (χ2n) is 4.66. The van der Waals surface area contributed by atoms with Crippen LogP contribution in [0.1, 0.15) is 19.3 Å². The number of hydrogen-bond acceptors (Lipinski definition) is 3. The number of hydrogen-bond donors (Lipinski definition) is 1. The van der Waals surface area contributed by atoms with Gasteiger partial charge in [-0.15, -0.1) is 0 Å². The highest BCUT2D eigenvalue weighted by Crippen LogP contribution is 2.23. The quantitative estimate of drug-likeness (QED) is 0.872. The Kier molecular flexibility index (Phi) is 4.96. The van der Waals surface area contributed by atoms with Gasteiger partial charge in [0.25, 0.3) is 0 Å². The summed E-state index contributed by atoms with van der Waals surface area (Å²) in [7, 11) is 0. The minimum atomic E-state index is -0.183. The monoisotopic (exact) mass is 252 g/mol. The molecule has 18 heavy (non-hydrogen) atoms. The first-order valence-corrected chi connectivity index (χ1v) is 6.61. The number of anilines is 1. The second kappa shape index (κ2) is 6.71. The third-order valence-electron chi connectivity index (χ3n) is 3.37. The average molecular weight is 252 g/mol. The van der Waals surface area contributed by atoms with Crippen molar-refractivity contribution in [1.82, 2.24) is 0 Å². The fraction of sp³-hybridized carbons (Fsp3) is 0.571. The summed E-state index contributed by atoms with van der Waals surface area (Å²) in [5.41, 5.74) is 6.54. The first kappa shape index (κ1) is 13.3. The van der Waals surface area contributed by atoms with Crippen LogP contribution in [0.2, 0.25) is 0 Å². The lowest BCUT2D eigenvalue weighted by Crippen LogP contribution is -2.40. The van der Waals surface area contributed by atoms with Crippen LogP contribution in [0.5, 0.6) is 0 Å². The molecule has 0 spiro atoms. The molecule has 0 atom stereocenters. The van der Waals surface area contributed by atoms with Crippen molar-refractivity contribution in [2.75, 3.05) is 31.2 Å². The van der Waals surface area contributed by atoms with Crippen molar-refractivity contribution < 1.29 is 9.13 Å². The molecule has 1 aliphatic rings. The van der Waals surface area contributed by atoms with E-state index in [-0.39, 0.29) is 5.82 Å². The summed E-state index contributed by atoms with van der Waals surface area (Å²) in [6, 6.07) is 7.25. The number of ether oxygens (including phenoxy) is 1. The zero-order valence-corrected chi connectivity index (χ0v) is 10.6. The summed E-state index contributed by atoms with van der Waals surface area (Å²) in [6.07, 6.45) is 2.93. The van der Waals surface area contributed by atoms with Crippen molar-refractivity contribution in [3.63, 3.8) is 0 Å². The van der Waals surface area contributed by atoms with Crippen LogP contribution in [-0.4, -0.2) is 32.3 Å². The van der Waals surface area contributed by atoms with Gasteiger partial charge in [-0.05, 0) is 44.0 Å². The minimum absolute atomic E-state index is 0.183. The maximum absolute atomic E-state index is 13.3.